The highest BCUT2D eigenvalue weighted by Crippen LogP contribution is 2.20. The molecule has 0 aromatic carbocycles. The molecule has 18 heavy (non-hydrogen) atoms. The van der Waals surface area contributed by atoms with Gasteiger partial charge < -0.3 is 15.8 Å². The second kappa shape index (κ2) is 5.77. The highest BCUT2D eigenvalue weighted by molar-refractivity contribution is 5.86. The van der Waals surface area contributed by atoms with Crippen molar-refractivity contribution in [3.8, 4) is 0 Å². The first-order valence-corrected chi connectivity index (χ1v) is 5.83. The van der Waals surface area contributed by atoms with E-state index in [0.717, 1.165) is 0 Å². The predicted molar refractivity (Wildman–Crippen MR) is 69.3 cm³/mol. The molecule has 1 rings (SSSR count). The summed E-state index contributed by atoms with van der Waals surface area (Å²) in [7, 11) is 1.31. The van der Waals surface area contributed by atoms with E-state index in [1.165, 1.54) is 7.11 Å². The Labute approximate surface area is 107 Å². The summed E-state index contributed by atoms with van der Waals surface area (Å²) in [4.78, 5) is 11.2. The molecule has 0 spiro atoms. The number of nitrogens with one attached hydrogen (secondary N) is 1. The van der Waals surface area contributed by atoms with Gasteiger partial charge in [0.2, 0.25) is 0 Å². The fraction of sp³-hybridized carbons (Fsp3) is 0.583. The van der Waals surface area contributed by atoms with Crippen LogP contribution in [0.3, 0.4) is 0 Å². The summed E-state index contributed by atoms with van der Waals surface area (Å²) in [6.07, 6.45) is 0. The van der Waals surface area contributed by atoms with Gasteiger partial charge in [-0.15, -0.1) is 10.2 Å². The van der Waals surface area contributed by atoms with E-state index in [4.69, 9.17) is 5.73 Å². The van der Waals surface area contributed by atoms with Crippen LogP contribution in [0.1, 0.15) is 31.3 Å². The minimum Gasteiger partial charge on any atom is -0.464 e. The van der Waals surface area contributed by atoms with Crippen LogP contribution in [0, 0.1) is 5.92 Å². The molecule has 0 saturated heterocycles. The van der Waals surface area contributed by atoms with E-state index in [1.54, 1.807) is 12.1 Å². The average Bonchev–Trinajstić information content (AvgIpc) is 2.38. The Bertz CT molecular complexity index is 405. The third-order valence-electron chi connectivity index (χ3n) is 3.17. The molecule has 1 unspecified atom stereocenters. The van der Waals surface area contributed by atoms with Gasteiger partial charge in [0.15, 0.2) is 5.69 Å². The zero-order chi connectivity index (χ0) is 13.8. The van der Waals surface area contributed by atoms with Crippen LogP contribution in [-0.4, -0.2) is 35.4 Å². The number of rotatable bonds is 5. The summed E-state index contributed by atoms with van der Waals surface area (Å²) < 4.78 is 4.55. The van der Waals surface area contributed by atoms with Gasteiger partial charge in [-0.2, -0.15) is 0 Å². The Morgan fingerprint density at radius 3 is 2.56 bits per heavy atom. The van der Waals surface area contributed by atoms with Crippen molar-refractivity contribution >= 4 is 11.8 Å². The van der Waals surface area contributed by atoms with Crippen molar-refractivity contribution in [1.29, 1.82) is 0 Å². The molecular weight excluding hydrogens is 232 g/mol. The van der Waals surface area contributed by atoms with E-state index in [1.807, 2.05) is 6.92 Å². The third-order valence-corrected chi connectivity index (χ3v) is 3.17. The molecule has 0 radical (unpaired) electrons. The first-order chi connectivity index (χ1) is 8.42. The standard InChI is InChI=1S/C12H20N4O2/c1-8(2)12(3,7-13)14-10-6-5-9(15-16-10)11(17)18-4/h5-6,8H,7,13H2,1-4H3,(H,14,16). The van der Waals surface area contributed by atoms with E-state index >= 15 is 0 Å². The number of carbonyl (C=O) groups excluding carboxylic acids is 1. The van der Waals surface area contributed by atoms with Crippen molar-refractivity contribution in [1.82, 2.24) is 10.2 Å². The maximum atomic E-state index is 11.2. The number of hydrogen-bond donors (Lipinski definition) is 2. The van der Waals surface area contributed by atoms with E-state index < -0.39 is 5.97 Å². The summed E-state index contributed by atoms with van der Waals surface area (Å²) in [6, 6.07) is 3.26. The number of anilines is 1. The molecule has 0 fully saturated rings. The first-order valence-electron chi connectivity index (χ1n) is 5.83. The van der Waals surface area contributed by atoms with Gasteiger partial charge in [-0.05, 0) is 25.0 Å². The summed E-state index contributed by atoms with van der Waals surface area (Å²) in [5, 5.41) is 11.0. The Morgan fingerprint density at radius 1 is 1.50 bits per heavy atom. The lowest BCUT2D eigenvalue weighted by atomic mass is 9.88. The van der Waals surface area contributed by atoms with Crippen molar-refractivity contribution in [2.24, 2.45) is 11.7 Å². The van der Waals surface area contributed by atoms with Gasteiger partial charge in [-0.3, -0.25) is 0 Å². The normalized spacial score (nSPS) is 14.1. The van der Waals surface area contributed by atoms with Gasteiger partial charge >= 0.3 is 5.97 Å². The molecule has 6 heteroatoms. The summed E-state index contributed by atoms with van der Waals surface area (Å²) in [5.41, 5.74) is 5.69. The quantitative estimate of drug-likeness (QED) is 0.761. The lowest BCUT2D eigenvalue weighted by Crippen LogP contribution is -2.47. The summed E-state index contributed by atoms with van der Waals surface area (Å²) >= 11 is 0. The Kier molecular flexibility index (Phi) is 4.61. The number of hydrogen-bond acceptors (Lipinski definition) is 6. The number of nitrogens with two attached hydrogens (primary N) is 1. The highest BCUT2D eigenvalue weighted by Gasteiger charge is 2.27. The predicted octanol–water partition coefficient (Wildman–Crippen LogP) is 1.05. The van der Waals surface area contributed by atoms with Crippen LogP contribution in [0.4, 0.5) is 5.82 Å². The maximum absolute atomic E-state index is 11.2. The first kappa shape index (κ1) is 14.4. The SMILES string of the molecule is COC(=O)c1ccc(NC(C)(CN)C(C)C)nn1. The fourth-order valence-electron chi connectivity index (χ4n) is 1.34. The number of esters is 1. The van der Waals surface area contributed by atoms with Crippen molar-refractivity contribution < 1.29 is 9.53 Å². The number of carbonyl (C=O) groups is 1. The van der Waals surface area contributed by atoms with Gasteiger partial charge in [0.05, 0.1) is 12.6 Å². The molecule has 0 bridgehead atoms. The zero-order valence-corrected chi connectivity index (χ0v) is 11.2. The van der Waals surface area contributed by atoms with E-state index in [9.17, 15) is 4.79 Å². The highest BCUT2D eigenvalue weighted by atomic mass is 16.5. The molecule has 1 atom stereocenters. The van der Waals surface area contributed by atoms with Gasteiger partial charge in [-0.25, -0.2) is 4.79 Å². The molecule has 0 aliphatic rings. The smallest absolute Gasteiger partial charge is 0.358 e. The lowest BCUT2D eigenvalue weighted by molar-refractivity contribution is 0.0593. The van der Waals surface area contributed by atoms with E-state index in [-0.39, 0.29) is 11.2 Å². The van der Waals surface area contributed by atoms with Crippen LogP contribution in [0.5, 0.6) is 0 Å². The molecule has 0 aliphatic carbocycles. The monoisotopic (exact) mass is 252 g/mol. The fourth-order valence-corrected chi connectivity index (χ4v) is 1.34. The minimum atomic E-state index is -0.500. The second-order valence-corrected chi connectivity index (χ2v) is 4.70. The molecule has 1 aromatic rings. The lowest BCUT2D eigenvalue weighted by Gasteiger charge is -2.33. The second-order valence-electron chi connectivity index (χ2n) is 4.70. The van der Waals surface area contributed by atoms with Gasteiger partial charge in [0, 0.05) is 6.54 Å². The van der Waals surface area contributed by atoms with Gasteiger partial charge in [0.25, 0.3) is 0 Å². The largest absolute Gasteiger partial charge is 0.464 e. The van der Waals surface area contributed by atoms with Crippen LogP contribution >= 0.6 is 0 Å². The van der Waals surface area contributed by atoms with Crippen LogP contribution in [0.15, 0.2) is 12.1 Å². The number of methoxy groups -OCH3 is 1. The summed E-state index contributed by atoms with van der Waals surface area (Å²) in [5.74, 6) is 0.424. The van der Waals surface area contributed by atoms with Gasteiger partial charge in [0.1, 0.15) is 5.82 Å². The van der Waals surface area contributed by atoms with Crippen molar-refractivity contribution in [2.75, 3.05) is 19.0 Å². The van der Waals surface area contributed by atoms with Crippen molar-refractivity contribution in [3.05, 3.63) is 17.8 Å². The summed E-state index contributed by atoms with van der Waals surface area (Å²) in [6.45, 7) is 6.66. The molecule has 100 valence electrons. The Morgan fingerprint density at radius 2 is 2.17 bits per heavy atom. The number of aromatic nitrogens is 2. The van der Waals surface area contributed by atoms with Crippen LogP contribution in [0.2, 0.25) is 0 Å². The van der Waals surface area contributed by atoms with Crippen molar-refractivity contribution in [2.45, 2.75) is 26.3 Å². The molecular formula is C12H20N4O2. The van der Waals surface area contributed by atoms with Crippen LogP contribution in [0.25, 0.3) is 0 Å². The van der Waals surface area contributed by atoms with Crippen molar-refractivity contribution in [3.63, 3.8) is 0 Å². The maximum Gasteiger partial charge on any atom is 0.358 e. The van der Waals surface area contributed by atoms with Gasteiger partial charge in [-0.1, -0.05) is 13.8 Å². The third kappa shape index (κ3) is 3.16. The Hall–Kier alpha value is -1.69. The van der Waals surface area contributed by atoms with Crippen LogP contribution in [-0.2, 0) is 4.74 Å². The van der Waals surface area contributed by atoms with E-state index in [0.29, 0.717) is 18.3 Å². The average molecular weight is 252 g/mol. The molecule has 0 saturated carbocycles. The number of ether oxygens (including phenoxy) is 1. The molecule has 0 aliphatic heterocycles. The molecule has 1 aromatic heterocycles. The minimum absolute atomic E-state index is 0.182. The molecule has 1 heterocycles. The Balaban J connectivity index is 2.83. The topological polar surface area (TPSA) is 90.1 Å². The molecule has 3 N–H and O–H groups in total. The van der Waals surface area contributed by atoms with Crippen LogP contribution < -0.4 is 11.1 Å². The zero-order valence-electron chi connectivity index (χ0n) is 11.2. The van der Waals surface area contributed by atoms with E-state index in [2.05, 4.69) is 34.1 Å². The number of nitrogens with zero attached hydrogens (tertiary/aromatic N) is 2. The molecule has 0 amide bonds. The molecule has 6 nitrogen and oxygen atoms in total.